The Morgan fingerprint density at radius 2 is 2.11 bits per heavy atom. The lowest BCUT2D eigenvalue weighted by molar-refractivity contribution is 0.497. The predicted octanol–water partition coefficient (Wildman–Crippen LogP) is 3.27. The molecule has 3 aromatic rings. The van der Waals surface area contributed by atoms with Crippen LogP contribution in [0.3, 0.4) is 0 Å². The van der Waals surface area contributed by atoms with Crippen molar-refractivity contribution in [2.75, 3.05) is 5.32 Å². The van der Waals surface area contributed by atoms with Crippen molar-refractivity contribution in [2.45, 2.75) is 19.4 Å². The molecule has 1 atom stereocenters. The van der Waals surface area contributed by atoms with E-state index >= 15 is 0 Å². The number of para-hydroxylation sites is 1. The number of hydrogen-bond acceptors (Lipinski definition) is 4. The van der Waals surface area contributed by atoms with Gasteiger partial charge in [0.2, 0.25) is 5.95 Å². The minimum Gasteiger partial charge on any atom is -0.469 e. The highest BCUT2D eigenvalue weighted by atomic mass is 16.3. The summed E-state index contributed by atoms with van der Waals surface area (Å²) < 4.78 is 5.33. The van der Waals surface area contributed by atoms with Gasteiger partial charge in [0, 0.05) is 24.0 Å². The molecule has 4 nitrogen and oxygen atoms in total. The SMILES string of the molecule is CC(Cc1ccco1)Nc1ncc2ccccc2n1. The van der Waals surface area contributed by atoms with E-state index in [0.717, 1.165) is 23.1 Å². The summed E-state index contributed by atoms with van der Waals surface area (Å²) in [6.45, 7) is 2.08. The molecule has 3 rings (SSSR count). The summed E-state index contributed by atoms with van der Waals surface area (Å²) in [5.41, 5.74) is 0.949. The van der Waals surface area contributed by atoms with Crippen LogP contribution in [0.5, 0.6) is 0 Å². The van der Waals surface area contributed by atoms with Crippen LogP contribution in [0.1, 0.15) is 12.7 Å². The second-order valence-electron chi connectivity index (χ2n) is 4.58. The maximum Gasteiger partial charge on any atom is 0.223 e. The van der Waals surface area contributed by atoms with Crippen LogP contribution in [0.15, 0.2) is 53.3 Å². The number of fused-ring (bicyclic) bond motifs is 1. The van der Waals surface area contributed by atoms with Gasteiger partial charge in [-0.05, 0) is 25.1 Å². The summed E-state index contributed by atoms with van der Waals surface area (Å²) >= 11 is 0. The maximum absolute atomic E-state index is 5.33. The molecule has 0 spiro atoms. The number of nitrogens with zero attached hydrogens (tertiary/aromatic N) is 2. The lowest BCUT2D eigenvalue weighted by Crippen LogP contribution is -2.19. The molecule has 19 heavy (non-hydrogen) atoms. The molecule has 96 valence electrons. The number of nitrogens with one attached hydrogen (secondary N) is 1. The fraction of sp³-hybridized carbons (Fsp3) is 0.200. The summed E-state index contributed by atoms with van der Waals surface area (Å²) in [7, 11) is 0. The zero-order chi connectivity index (χ0) is 13.1. The first-order chi connectivity index (χ1) is 9.31. The van der Waals surface area contributed by atoms with Gasteiger partial charge in [-0.25, -0.2) is 9.97 Å². The Morgan fingerprint density at radius 1 is 1.21 bits per heavy atom. The summed E-state index contributed by atoms with van der Waals surface area (Å²) in [5, 5.41) is 4.34. The minimum atomic E-state index is 0.215. The lowest BCUT2D eigenvalue weighted by atomic mass is 10.2. The first-order valence-electron chi connectivity index (χ1n) is 6.32. The molecule has 0 amide bonds. The second kappa shape index (κ2) is 5.10. The zero-order valence-corrected chi connectivity index (χ0v) is 10.7. The van der Waals surface area contributed by atoms with Gasteiger partial charge in [-0.1, -0.05) is 18.2 Å². The lowest BCUT2D eigenvalue weighted by Gasteiger charge is -2.12. The Balaban J connectivity index is 1.73. The molecule has 2 heterocycles. The first kappa shape index (κ1) is 11.7. The van der Waals surface area contributed by atoms with E-state index in [1.807, 2.05) is 42.6 Å². The quantitative estimate of drug-likeness (QED) is 0.775. The number of furan rings is 1. The molecule has 1 aromatic carbocycles. The van der Waals surface area contributed by atoms with Crippen molar-refractivity contribution < 1.29 is 4.42 Å². The Hall–Kier alpha value is -2.36. The summed E-state index contributed by atoms with van der Waals surface area (Å²) in [4.78, 5) is 8.81. The Labute approximate surface area is 111 Å². The smallest absolute Gasteiger partial charge is 0.223 e. The highest BCUT2D eigenvalue weighted by Gasteiger charge is 2.07. The standard InChI is InChI=1S/C15H15N3O/c1-11(9-13-6-4-8-19-13)17-15-16-10-12-5-2-3-7-14(12)18-15/h2-8,10-11H,9H2,1H3,(H,16,17,18). The monoisotopic (exact) mass is 253 g/mol. The molecule has 0 fully saturated rings. The second-order valence-corrected chi connectivity index (χ2v) is 4.58. The van der Waals surface area contributed by atoms with Gasteiger partial charge < -0.3 is 9.73 Å². The van der Waals surface area contributed by atoms with Crippen LogP contribution in [0.2, 0.25) is 0 Å². The first-order valence-corrected chi connectivity index (χ1v) is 6.32. The van der Waals surface area contributed by atoms with Crippen molar-refractivity contribution in [2.24, 2.45) is 0 Å². The van der Waals surface area contributed by atoms with Crippen LogP contribution >= 0.6 is 0 Å². The summed E-state index contributed by atoms with van der Waals surface area (Å²) in [6, 6.07) is 12.0. The molecule has 0 aliphatic heterocycles. The molecular formula is C15H15N3O. The molecule has 0 radical (unpaired) electrons. The van der Waals surface area contributed by atoms with Crippen LogP contribution in [-0.2, 0) is 6.42 Å². The van der Waals surface area contributed by atoms with E-state index in [9.17, 15) is 0 Å². The molecule has 2 aromatic heterocycles. The zero-order valence-electron chi connectivity index (χ0n) is 10.7. The number of benzene rings is 1. The van der Waals surface area contributed by atoms with Gasteiger partial charge >= 0.3 is 0 Å². The van der Waals surface area contributed by atoms with Crippen molar-refractivity contribution in [3.05, 3.63) is 54.6 Å². The molecule has 1 unspecified atom stereocenters. The van der Waals surface area contributed by atoms with Crippen molar-refractivity contribution in [3.63, 3.8) is 0 Å². The van der Waals surface area contributed by atoms with Crippen LogP contribution in [0, 0.1) is 0 Å². The van der Waals surface area contributed by atoms with E-state index in [-0.39, 0.29) is 6.04 Å². The third-order valence-electron chi connectivity index (χ3n) is 2.95. The highest BCUT2D eigenvalue weighted by molar-refractivity contribution is 5.78. The molecule has 4 heteroatoms. The topological polar surface area (TPSA) is 51.0 Å². The van der Waals surface area contributed by atoms with Crippen molar-refractivity contribution >= 4 is 16.9 Å². The normalized spacial score (nSPS) is 12.5. The maximum atomic E-state index is 5.33. The third kappa shape index (κ3) is 2.73. The van der Waals surface area contributed by atoms with Gasteiger partial charge in [-0.3, -0.25) is 0 Å². The van der Waals surface area contributed by atoms with E-state index in [2.05, 4.69) is 22.2 Å². The van der Waals surface area contributed by atoms with Gasteiger partial charge in [0.05, 0.1) is 11.8 Å². The number of aromatic nitrogens is 2. The number of hydrogen-bond donors (Lipinski definition) is 1. The van der Waals surface area contributed by atoms with E-state index in [0.29, 0.717) is 5.95 Å². The summed E-state index contributed by atoms with van der Waals surface area (Å²) in [6.07, 6.45) is 4.34. The average Bonchev–Trinajstić information content (AvgIpc) is 2.91. The number of anilines is 1. The molecule has 0 bridgehead atoms. The fourth-order valence-electron chi connectivity index (χ4n) is 2.04. The van der Waals surface area contributed by atoms with Gasteiger partial charge in [0.15, 0.2) is 0 Å². The average molecular weight is 253 g/mol. The predicted molar refractivity (Wildman–Crippen MR) is 75.0 cm³/mol. The van der Waals surface area contributed by atoms with E-state index in [1.54, 1.807) is 6.26 Å². The Bertz CT molecular complexity index is 664. The fourth-order valence-corrected chi connectivity index (χ4v) is 2.04. The van der Waals surface area contributed by atoms with Crippen LogP contribution in [0.4, 0.5) is 5.95 Å². The molecular weight excluding hydrogens is 238 g/mol. The van der Waals surface area contributed by atoms with Crippen molar-refractivity contribution in [3.8, 4) is 0 Å². The van der Waals surface area contributed by atoms with Gasteiger partial charge in [0.25, 0.3) is 0 Å². The largest absolute Gasteiger partial charge is 0.469 e. The van der Waals surface area contributed by atoms with E-state index < -0.39 is 0 Å². The van der Waals surface area contributed by atoms with E-state index in [1.165, 1.54) is 0 Å². The van der Waals surface area contributed by atoms with Gasteiger partial charge in [0.1, 0.15) is 5.76 Å². The minimum absolute atomic E-state index is 0.215. The van der Waals surface area contributed by atoms with Crippen LogP contribution < -0.4 is 5.32 Å². The molecule has 0 saturated carbocycles. The molecule has 1 N–H and O–H groups in total. The third-order valence-corrected chi connectivity index (χ3v) is 2.95. The van der Waals surface area contributed by atoms with Crippen molar-refractivity contribution in [1.29, 1.82) is 0 Å². The molecule has 0 aliphatic carbocycles. The van der Waals surface area contributed by atoms with Crippen LogP contribution in [-0.4, -0.2) is 16.0 Å². The molecule has 0 aliphatic rings. The summed E-state index contributed by atoms with van der Waals surface area (Å²) in [5.74, 6) is 1.61. The van der Waals surface area contributed by atoms with Gasteiger partial charge in [-0.2, -0.15) is 0 Å². The Morgan fingerprint density at radius 3 is 2.95 bits per heavy atom. The Kier molecular flexibility index (Phi) is 3.14. The van der Waals surface area contributed by atoms with Crippen molar-refractivity contribution in [1.82, 2.24) is 9.97 Å². The molecule has 0 saturated heterocycles. The van der Waals surface area contributed by atoms with E-state index in [4.69, 9.17) is 4.42 Å². The number of rotatable bonds is 4. The highest BCUT2D eigenvalue weighted by Crippen LogP contribution is 2.13. The van der Waals surface area contributed by atoms with Crippen LogP contribution in [0.25, 0.3) is 10.9 Å². The van der Waals surface area contributed by atoms with Gasteiger partial charge in [-0.15, -0.1) is 0 Å².